The van der Waals surface area contributed by atoms with Gasteiger partial charge in [-0.1, -0.05) is 80.6 Å². The van der Waals surface area contributed by atoms with Gasteiger partial charge in [-0.05, 0) is 163 Å². The van der Waals surface area contributed by atoms with E-state index in [9.17, 15) is 47.7 Å². The van der Waals surface area contributed by atoms with Crippen molar-refractivity contribution < 1.29 is 52.2 Å². The fourth-order valence-corrected chi connectivity index (χ4v) is 12.7. The summed E-state index contributed by atoms with van der Waals surface area (Å²) in [5, 5.41) is 0.479. The molecule has 0 aromatic heterocycles. The minimum atomic E-state index is -4.75. The smallest absolute Gasteiger partial charge is 0.210 e. The molecule has 1 aliphatic carbocycles. The van der Waals surface area contributed by atoms with Gasteiger partial charge in [0.05, 0.1) is 41.5 Å². The maximum absolute atomic E-state index is 12.2. The highest BCUT2D eigenvalue weighted by Crippen LogP contribution is 2.52. The third kappa shape index (κ3) is 10.3. The maximum Gasteiger partial charge on any atom is 0.210 e. The average molecular weight is 1090 g/mol. The Hall–Kier alpha value is -6.09. The Morgan fingerprint density at radius 3 is 1.88 bits per heavy atom. The van der Waals surface area contributed by atoms with Crippen LogP contribution >= 0.6 is 0 Å². The van der Waals surface area contributed by atoms with E-state index in [0.717, 1.165) is 72.9 Å². The average Bonchev–Trinajstić information content (AvgIpc) is 3.93. The lowest BCUT2D eigenvalue weighted by Crippen LogP contribution is -2.30. The molecular weight excluding hydrogens is 1030 g/mol. The molecule has 0 N–H and O–H groups in total. The van der Waals surface area contributed by atoms with Crippen molar-refractivity contribution in [2.45, 2.75) is 98.3 Å². The van der Waals surface area contributed by atoms with Crippen LogP contribution in [0.15, 0.2) is 178 Å². The summed E-state index contributed by atoms with van der Waals surface area (Å²) in [4.78, 5) is 4.07. The summed E-state index contributed by atoms with van der Waals surface area (Å²) in [5.74, 6) is 0. The number of fused-ring (bicyclic) bond motifs is 6. The van der Waals surface area contributed by atoms with E-state index in [1.54, 1.807) is 30.3 Å². The lowest BCUT2D eigenvalue weighted by molar-refractivity contribution is -0.438. The number of benzene rings is 6. The summed E-state index contributed by atoms with van der Waals surface area (Å²) in [6.07, 6.45) is 9.55. The van der Waals surface area contributed by atoms with Crippen molar-refractivity contribution in [3.63, 3.8) is 0 Å². The quantitative estimate of drug-likeness (QED) is 0.0501. The monoisotopic (exact) mass is 1090 g/mol. The van der Waals surface area contributed by atoms with E-state index in [1.807, 2.05) is 103 Å². The summed E-state index contributed by atoms with van der Waals surface area (Å²) in [5.41, 5.74) is 8.14. The van der Waals surface area contributed by atoms with Crippen LogP contribution in [0.2, 0.25) is 0 Å². The molecule has 2 heterocycles. The standard InChI is InChI=1S/C57H59N3O11S4/c1-37(73(63,64)65)31-33-58-49-27-19-41-35-45(72(61)62)23-25-47(41)53(49)56(3,4)51(58)29-21-39-17-18-40(55(39)60(43-13-9-7-10-14-43)44-15-11-8-12-16-44)22-30-52-57(5,6)54-48-26-24-46(75(69,70)71)36-42(48)20-28-50(54)59(52)34-32-38(2)74(66,67)68/h7-16,19-30,35-38H,17-18,31-34H2,1-6H3,(H3-,61,62,63,64,65,66,67,68,69,70,71)/p-3. The molecule has 6 aromatic carbocycles. The molecule has 0 spiro atoms. The Morgan fingerprint density at radius 2 is 1.27 bits per heavy atom. The molecule has 18 heteroatoms. The first-order valence-electron chi connectivity index (χ1n) is 24.5. The molecule has 0 fully saturated rings. The van der Waals surface area contributed by atoms with Crippen LogP contribution in [-0.2, 0) is 52.3 Å². The first-order chi connectivity index (χ1) is 35.3. The zero-order chi connectivity index (χ0) is 54.0. The van der Waals surface area contributed by atoms with E-state index in [2.05, 4.69) is 41.9 Å². The van der Waals surface area contributed by atoms with Gasteiger partial charge in [0.25, 0.3) is 0 Å². The minimum absolute atomic E-state index is 0.0239. The SMILES string of the molecule is CC(CCN1/C(=C\C=C2/CCC(/C=C/C3=[N+](CCC(C)S(=O)(=O)[O-])c4ccc5cc(S(=O)(=O)[O-])ccc5c4C3(C)C)=C2N(c2ccccc2)c2ccccc2)C(C)(C)c2c1ccc1cc(S(=O)[O-])ccc21)S(=O)(=O)[O-]. The van der Waals surface area contributed by atoms with Crippen molar-refractivity contribution in [1.29, 1.82) is 0 Å². The van der Waals surface area contributed by atoms with Crippen molar-refractivity contribution >= 4 is 91.4 Å². The van der Waals surface area contributed by atoms with Crippen LogP contribution in [0.3, 0.4) is 0 Å². The second-order valence-corrected chi connectivity index (χ2v) is 26.4. The molecule has 3 atom stereocenters. The molecule has 6 aromatic rings. The third-order valence-corrected chi connectivity index (χ3v) is 18.9. The summed E-state index contributed by atoms with van der Waals surface area (Å²) < 4.78 is 136. The molecule has 392 valence electrons. The normalized spacial score (nSPS) is 18.9. The maximum atomic E-state index is 12.2. The van der Waals surface area contributed by atoms with Crippen LogP contribution in [0.5, 0.6) is 0 Å². The van der Waals surface area contributed by atoms with Crippen molar-refractivity contribution in [2.24, 2.45) is 0 Å². The van der Waals surface area contributed by atoms with Gasteiger partial charge in [0.2, 0.25) is 5.69 Å². The third-order valence-electron chi connectivity index (χ3n) is 15.0. The molecule has 75 heavy (non-hydrogen) atoms. The van der Waals surface area contributed by atoms with E-state index in [1.165, 1.54) is 26.0 Å². The van der Waals surface area contributed by atoms with E-state index in [4.69, 9.17) is 0 Å². The zero-order valence-electron chi connectivity index (χ0n) is 42.2. The minimum Gasteiger partial charge on any atom is -0.768 e. The Kier molecular flexibility index (Phi) is 14.4. The first kappa shape index (κ1) is 53.7. The zero-order valence-corrected chi connectivity index (χ0v) is 45.5. The summed E-state index contributed by atoms with van der Waals surface area (Å²) in [6, 6.07) is 36.5. The highest BCUT2D eigenvalue weighted by atomic mass is 32.2. The molecule has 0 saturated heterocycles. The van der Waals surface area contributed by atoms with E-state index in [-0.39, 0.29) is 35.7 Å². The van der Waals surface area contributed by atoms with Crippen LogP contribution in [0.25, 0.3) is 21.5 Å². The van der Waals surface area contributed by atoms with Crippen LogP contribution in [0, 0.1) is 0 Å². The van der Waals surface area contributed by atoms with Gasteiger partial charge in [0, 0.05) is 69.0 Å². The largest absolute Gasteiger partial charge is 0.768 e. The summed E-state index contributed by atoms with van der Waals surface area (Å²) >= 11 is -2.45. The first-order valence-corrected chi connectivity index (χ1v) is 30.0. The summed E-state index contributed by atoms with van der Waals surface area (Å²) in [7, 11) is -14.0. The highest BCUT2D eigenvalue weighted by molar-refractivity contribution is 7.86. The van der Waals surface area contributed by atoms with E-state index in [0.29, 0.717) is 23.6 Å². The number of hydrogen-bond donors (Lipinski definition) is 0. The predicted molar refractivity (Wildman–Crippen MR) is 290 cm³/mol. The van der Waals surface area contributed by atoms with Gasteiger partial charge >= 0.3 is 0 Å². The lowest BCUT2D eigenvalue weighted by Gasteiger charge is -2.30. The number of allylic oxidation sites excluding steroid dienone is 7. The van der Waals surface area contributed by atoms with Gasteiger partial charge in [-0.15, -0.1) is 0 Å². The molecule has 3 aliphatic rings. The lowest BCUT2D eigenvalue weighted by atomic mass is 9.79. The number of para-hydroxylation sites is 2. The Bertz CT molecular complexity index is 3790. The summed E-state index contributed by atoms with van der Waals surface area (Å²) in [6.45, 7) is 11.4. The molecule has 2 aliphatic heterocycles. The predicted octanol–water partition coefficient (Wildman–Crippen LogP) is 10.2. The van der Waals surface area contributed by atoms with Gasteiger partial charge in [0.1, 0.15) is 10.1 Å². The van der Waals surface area contributed by atoms with Gasteiger partial charge in [-0.2, -0.15) is 4.58 Å². The molecule has 0 saturated carbocycles. The Labute approximate surface area is 441 Å². The van der Waals surface area contributed by atoms with Gasteiger partial charge < -0.3 is 28.0 Å². The van der Waals surface area contributed by atoms with Crippen LogP contribution in [0.4, 0.5) is 22.7 Å². The molecule has 3 unspecified atom stereocenters. The van der Waals surface area contributed by atoms with E-state index >= 15 is 0 Å². The molecule has 14 nitrogen and oxygen atoms in total. The van der Waals surface area contributed by atoms with Gasteiger partial charge in [-0.3, -0.25) is 4.21 Å². The second-order valence-electron chi connectivity index (χ2n) is 20.5. The topological polar surface area (TPSA) is 221 Å². The fourth-order valence-electron chi connectivity index (χ4n) is 11.0. The van der Waals surface area contributed by atoms with Crippen molar-refractivity contribution in [3.8, 4) is 0 Å². The van der Waals surface area contributed by atoms with Gasteiger partial charge in [-0.25, -0.2) is 25.3 Å². The highest BCUT2D eigenvalue weighted by Gasteiger charge is 2.46. The molecular formula is C57H56N3O11S4-3. The molecule has 0 bridgehead atoms. The van der Waals surface area contributed by atoms with Crippen LogP contribution in [0.1, 0.15) is 78.4 Å². The van der Waals surface area contributed by atoms with Crippen molar-refractivity contribution in [2.75, 3.05) is 22.9 Å². The Morgan fingerprint density at radius 1 is 0.680 bits per heavy atom. The molecule has 0 amide bonds. The number of rotatable bonds is 16. The van der Waals surface area contributed by atoms with E-state index < -0.39 is 62.8 Å². The van der Waals surface area contributed by atoms with Gasteiger partial charge in [0.15, 0.2) is 12.3 Å². The number of anilines is 3. The second kappa shape index (κ2) is 20.1. The van der Waals surface area contributed by atoms with Crippen molar-refractivity contribution in [3.05, 3.63) is 179 Å². The van der Waals surface area contributed by atoms with Crippen molar-refractivity contribution in [1.82, 2.24) is 0 Å². The number of nitrogens with zero attached hydrogens (tertiary/aromatic N) is 3. The van der Waals surface area contributed by atoms with Crippen LogP contribution in [-0.4, -0.2) is 81.5 Å². The molecule has 9 rings (SSSR count). The molecule has 0 radical (unpaired) electrons. The fraction of sp³-hybridized carbons (Fsp3) is 0.281. The Balaban J connectivity index is 1.23. The number of hydrogen-bond acceptors (Lipinski definition) is 13. The van der Waals surface area contributed by atoms with Crippen LogP contribution < -0.4 is 9.80 Å².